The van der Waals surface area contributed by atoms with Crippen molar-refractivity contribution in [1.29, 1.82) is 0 Å². The van der Waals surface area contributed by atoms with Crippen LogP contribution < -0.4 is 10.1 Å². The van der Waals surface area contributed by atoms with Crippen LogP contribution in [0, 0.1) is 6.92 Å². The third kappa shape index (κ3) is 3.81. The van der Waals surface area contributed by atoms with E-state index in [0.717, 1.165) is 27.5 Å². The van der Waals surface area contributed by atoms with Crippen molar-refractivity contribution in [1.82, 2.24) is 10.3 Å². The van der Waals surface area contributed by atoms with Gasteiger partial charge in [-0.3, -0.25) is 4.98 Å². The van der Waals surface area contributed by atoms with Crippen molar-refractivity contribution in [3.8, 4) is 5.75 Å². The molecule has 1 N–H and O–H groups in total. The lowest BCUT2D eigenvalue weighted by atomic mass is 10.3. The van der Waals surface area contributed by atoms with Crippen LogP contribution in [0.15, 0.2) is 28.1 Å². The average molecular weight is 353 g/mol. The van der Waals surface area contributed by atoms with Gasteiger partial charge in [-0.15, -0.1) is 11.3 Å². The van der Waals surface area contributed by atoms with Crippen LogP contribution in [-0.4, -0.2) is 11.0 Å². The summed E-state index contributed by atoms with van der Waals surface area (Å²) in [6.45, 7) is 3.40. The van der Waals surface area contributed by atoms with E-state index in [1.54, 1.807) is 11.3 Å². The maximum atomic E-state index is 5.93. The van der Waals surface area contributed by atoms with Gasteiger partial charge >= 0.3 is 0 Å². The van der Waals surface area contributed by atoms with Crippen LogP contribution >= 0.6 is 27.3 Å². The molecule has 0 aliphatic heterocycles. The minimum Gasteiger partial charge on any atom is -0.486 e. The molecular weight excluding hydrogens is 336 g/mol. The van der Waals surface area contributed by atoms with E-state index in [1.165, 1.54) is 17.7 Å². The zero-order valence-electron chi connectivity index (χ0n) is 11.4. The minimum absolute atomic E-state index is 0.595. The van der Waals surface area contributed by atoms with Crippen molar-refractivity contribution in [2.75, 3.05) is 0 Å². The van der Waals surface area contributed by atoms with Gasteiger partial charge in [0.15, 0.2) is 0 Å². The number of halogens is 1. The highest BCUT2D eigenvalue weighted by atomic mass is 79.9. The molecule has 3 nitrogen and oxygen atoms in total. The molecule has 0 bridgehead atoms. The van der Waals surface area contributed by atoms with Crippen LogP contribution in [0.1, 0.15) is 29.1 Å². The first-order chi connectivity index (χ1) is 9.70. The van der Waals surface area contributed by atoms with Gasteiger partial charge in [0.2, 0.25) is 0 Å². The second-order valence-corrected chi connectivity index (χ2v) is 7.59. The molecule has 2 aromatic rings. The number of hydrogen-bond donors (Lipinski definition) is 1. The van der Waals surface area contributed by atoms with Gasteiger partial charge in [0, 0.05) is 23.2 Å². The van der Waals surface area contributed by atoms with Crippen LogP contribution in [0.2, 0.25) is 0 Å². The molecule has 5 heteroatoms. The molecule has 20 heavy (non-hydrogen) atoms. The lowest BCUT2D eigenvalue weighted by molar-refractivity contribution is 0.303. The zero-order valence-corrected chi connectivity index (χ0v) is 13.8. The Morgan fingerprint density at radius 1 is 1.35 bits per heavy atom. The van der Waals surface area contributed by atoms with Gasteiger partial charge in [-0.25, -0.2) is 0 Å². The summed E-state index contributed by atoms with van der Waals surface area (Å²) in [6.07, 6.45) is 2.57. The molecule has 0 radical (unpaired) electrons. The molecule has 106 valence electrons. The number of nitrogens with one attached hydrogen (secondary N) is 1. The molecule has 0 amide bonds. The van der Waals surface area contributed by atoms with Crippen molar-refractivity contribution in [3.63, 3.8) is 0 Å². The summed E-state index contributed by atoms with van der Waals surface area (Å²) in [5.41, 5.74) is 2.04. The largest absolute Gasteiger partial charge is 0.486 e. The highest BCUT2D eigenvalue weighted by molar-refractivity contribution is 9.11. The van der Waals surface area contributed by atoms with Crippen LogP contribution in [0.5, 0.6) is 5.75 Å². The lowest BCUT2D eigenvalue weighted by Crippen LogP contribution is -2.17. The number of ether oxygens (including phenoxy) is 1. The topological polar surface area (TPSA) is 34.1 Å². The number of nitrogens with zero attached hydrogens (tertiary/aromatic N) is 1. The van der Waals surface area contributed by atoms with E-state index in [0.29, 0.717) is 12.6 Å². The standard InChI is InChI=1S/C15H17BrN2OS/c1-10-2-6-14(13(18-10)8-17-11-3-4-11)19-9-12-5-7-15(16)20-12/h2,5-7,11,17H,3-4,8-9H2,1H3. The molecule has 2 heterocycles. The van der Waals surface area contributed by atoms with E-state index >= 15 is 0 Å². The number of aryl methyl sites for hydroxylation is 1. The smallest absolute Gasteiger partial charge is 0.142 e. The van der Waals surface area contributed by atoms with Crippen LogP contribution in [0.3, 0.4) is 0 Å². The molecule has 1 aliphatic rings. The summed E-state index contributed by atoms with van der Waals surface area (Å²) >= 11 is 5.17. The van der Waals surface area contributed by atoms with E-state index in [9.17, 15) is 0 Å². The number of rotatable bonds is 6. The lowest BCUT2D eigenvalue weighted by Gasteiger charge is -2.11. The molecular formula is C15H17BrN2OS. The molecule has 0 spiro atoms. The molecule has 0 unspecified atom stereocenters. The van der Waals surface area contributed by atoms with Crippen molar-refractivity contribution in [3.05, 3.63) is 44.3 Å². The molecule has 1 aliphatic carbocycles. The molecule has 1 saturated carbocycles. The highest BCUT2D eigenvalue weighted by Gasteiger charge is 2.21. The molecule has 3 rings (SSSR count). The monoisotopic (exact) mass is 352 g/mol. The Hall–Kier alpha value is -0.910. The Balaban J connectivity index is 1.66. The van der Waals surface area contributed by atoms with Crippen LogP contribution in [-0.2, 0) is 13.2 Å². The zero-order chi connectivity index (χ0) is 13.9. The third-order valence-electron chi connectivity index (χ3n) is 3.21. The SMILES string of the molecule is Cc1ccc(OCc2ccc(Br)s2)c(CNC2CC2)n1. The number of hydrogen-bond acceptors (Lipinski definition) is 4. The summed E-state index contributed by atoms with van der Waals surface area (Å²) in [5.74, 6) is 0.883. The maximum absolute atomic E-state index is 5.93. The first-order valence-electron chi connectivity index (χ1n) is 6.77. The summed E-state index contributed by atoms with van der Waals surface area (Å²) in [4.78, 5) is 5.80. The van der Waals surface area contributed by atoms with Crippen molar-refractivity contribution < 1.29 is 4.74 Å². The fraction of sp³-hybridized carbons (Fsp3) is 0.400. The highest BCUT2D eigenvalue weighted by Crippen LogP contribution is 2.25. The third-order valence-corrected chi connectivity index (χ3v) is 4.80. The molecule has 0 saturated heterocycles. The summed E-state index contributed by atoms with van der Waals surface area (Å²) < 4.78 is 7.06. The van der Waals surface area contributed by atoms with Crippen molar-refractivity contribution in [2.45, 2.75) is 39.0 Å². The van der Waals surface area contributed by atoms with Crippen LogP contribution in [0.4, 0.5) is 0 Å². The second-order valence-electron chi connectivity index (χ2n) is 5.05. The fourth-order valence-electron chi connectivity index (χ4n) is 1.96. The van der Waals surface area contributed by atoms with Gasteiger partial charge in [0.25, 0.3) is 0 Å². The quantitative estimate of drug-likeness (QED) is 0.851. The normalized spacial score (nSPS) is 14.5. The van der Waals surface area contributed by atoms with Gasteiger partial charge < -0.3 is 10.1 Å². The maximum Gasteiger partial charge on any atom is 0.142 e. The van der Waals surface area contributed by atoms with Gasteiger partial charge in [0.05, 0.1) is 9.48 Å². The number of aromatic nitrogens is 1. The van der Waals surface area contributed by atoms with Crippen molar-refractivity contribution >= 4 is 27.3 Å². The molecule has 1 fully saturated rings. The van der Waals surface area contributed by atoms with Gasteiger partial charge in [0.1, 0.15) is 12.4 Å². The Kier molecular flexibility index (Phi) is 4.38. The van der Waals surface area contributed by atoms with E-state index in [1.807, 2.05) is 25.1 Å². The van der Waals surface area contributed by atoms with E-state index < -0.39 is 0 Å². The second kappa shape index (κ2) is 6.24. The average Bonchev–Trinajstić information content (AvgIpc) is 3.17. The summed E-state index contributed by atoms with van der Waals surface area (Å²) in [7, 11) is 0. The Bertz CT molecular complexity index is 595. The summed E-state index contributed by atoms with van der Waals surface area (Å²) in [6, 6.07) is 8.83. The minimum atomic E-state index is 0.595. The predicted molar refractivity (Wildman–Crippen MR) is 85.2 cm³/mol. The molecule has 0 atom stereocenters. The Morgan fingerprint density at radius 2 is 2.20 bits per heavy atom. The fourth-order valence-corrected chi connectivity index (χ4v) is 3.36. The van der Waals surface area contributed by atoms with Gasteiger partial charge in [-0.1, -0.05) is 0 Å². The van der Waals surface area contributed by atoms with Crippen molar-refractivity contribution in [2.24, 2.45) is 0 Å². The first kappa shape index (κ1) is 14.0. The van der Waals surface area contributed by atoms with Crippen LogP contribution in [0.25, 0.3) is 0 Å². The van der Waals surface area contributed by atoms with Gasteiger partial charge in [-0.05, 0) is 60.0 Å². The molecule has 0 aromatic carbocycles. The Morgan fingerprint density at radius 3 is 2.90 bits per heavy atom. The van der Waals surface area contributed by atoms with E-state index in [-0.39, 0.29) is 0 Å². The van der Waals surface area contributed by atoms with E-state index in [2.05, 4.69) is 32.3 Å². The van der Waals surface area contributed by atoms with E-state index in [4.69, 9.17) is 4.74 Å². The summed E-state index contributed by atoms with van der Waals surface area (Å²) in [5, 5.41) is 3.50. The first-order valence-corrected chi connectivity index (χ1v) is 8.38. The molecule has 2 aromatic heterocycles. The predicted octanol–water partition coefficient (Wildman–Crippen LogP) is 4.05. The number of pyridine rings is 1. The van der Waals surface area contributed by atoms with Gasteiger partial charge in [-0.2, -0.15) is 0 Å². The Labute approximate surface area is 131 Å². The number of thiophene rings is 1.